The van der Waals surface area contributed by atoms with Crippen LogP contribution in [0.15, 0.2) is 60.9 Å². The molecule has 2 heterocycles. The summed E-state index contributed by atoms with van der Waals surface area (Å²) in [4.78, 5) is 4.20. The van der Waals surface area contributed by atoms with Crippen molar-refractivity contribution in [3.8, 4) is 22.8 Å². The van der Waals surface area contributed by atoms with E-state index in [4.69, 9.17) is 0 Å². The van der Waals surface area contributed by atoms with Crippen LogP contribution in [0.1, 0.15) is 0 Å². The Balaban J connectivity index is 2.16. The van der Waals surface area contributed by atoms with Crippen molar-refractivity contribution in [1.29, 1.82) is 0 Å². The van der Waals surface area contributed by atoms with Gasteiger partial charge in [0, 0.05) is 6.20 Å². The zero-order chi connectivity index (χ0) is 12.4. The maximum atomic E-state index is 9.85. The number of para-hydroxylation sites is 1. The van der Waals surface area contributed by atoms with E-state index < -0.39 is 0 Å². The van der Waals surface area contributed by atoms with Crippen LogP contribution >= 0.6 is 0 Å². The molecule has 0 saturated heterocycles. The first-order chi connectivity index (χ1) is 8.86. The number of nitrogens with zero attached hydrogens (tertiary/aromatic N) is 3. The number of aromatic nitrogens is 3. The zero-order valence-corrected chi connectivity index (χ0v) is 9.56. The van der Waals surface area contributed by atoms with Crippen molar-refractivity contribution in [1.82, 2.24) is 14.8 Å². The minimum Gasteiger partial charge on any atom is -0.506 e. The first-order valence-corrected chi connectivity index (χ1v) is 5.60. The lowest BCUT2D eigenvalue weighted by atomic mass is 10.2. The van der Waals surface area contributed by atoms with Crippen LogP contribution in [-0.2, 0) is 0 Å². The van der Waals surface area contributed by atoms with Crippen molar-refractivity contribution < 1.29 is 5.11 Å². The molecule has 1 N–H and O–H groups in total. The van der Waals surface area contributed by atoms with Gasteiger partial charge in [-0.1, -0.05) is 18.2 Å². The number of hydrogen-bond donors (Lipinski definition) is 1. The Labute approximate surface area is 104 Å². The standard InChI is InChI=1S/C14H11N3O/c18-13-7-4-9-15-14(13)12-8-10-16-17(12)11-5-2-1-3-6-11/h1-10,18H. The van der Waals surface area contributed by atoms with Crippen LogP contribution < -0.4 is 0 Å². The van der Waals surface area contributed by atoms with E-state index in [9.17, 15) is 5.11 Å². The predicted octanol–water partition coefficient (Wildman–Crippen LogP) is 2.64. The van der Waals surface area contributed by atoms with E-state index >= 15 is 0 Å². The molecule has 0 unspecified atom stereocenters. The van der Waals surface area contributed by atoms with Gasteiger partial charge in [-0.15, -0.1) is 0 Å². The minimum absolute atomic E-state index is 0.148. The topological polar surface area (TPSA) is 50.9 Å². The molecule has 0 aliphatic heterocycles. The van der Waals surface area contributed by atoms with Crippen LogP contribution in [0.25, 0.3) is 17.1 Å². The van der Waals surface area contributed by atoms with Gasteiger partial charge in [-0.3, -0.25) is 4.98 Å². The van der Waals surface area contributed by atoms with Crippen molar-refractivity contribution in [3.05, 3.63) is 60.9 Å². The third-order valence-electron chi connectivity index (χ3n) is 2.67. The van der Waals surface area contributed by atoms with E-state index in [-0.39, 0.29) is 5.75 Å². The van der Waals surface area contributed by atoms with Gasteiger partial charge in [-0.25, -0.2) is 4.68 Å². The maximum absolute atomic E-state index is 9.85. The van der Waals surface area contributed by atoms with Crippen LogP contribution in [0.4, 0.5) is 0 Å². The van der Waals surface area contributed by atoms with Crippen LogP contribution in [0.5, 0.6) is 5.75 Å². The SMILES string of the molecule is Oc1cccnc1-c1ccnn1-c1ccccc1. The predicted molar refractivity (Wildman–Crippen MR) is 68.5 cm³/mol. The maximum Gasteiger partial charge on any atom is 0.143 e. The molecule has 2 aromatic heterocycles. The molecule has 3 rings (SSSR count). The van der Waals surface area contributed by atoms with Crippen LogP contribution in [0, 0.1) is 0 Å². The lowest BCUT2D eigenvalue weighted by Gasteiger charge is -2.07. The highest BCUT2D eigenvalue weighted by atomic mass is 16.3. The Morgan fingerprint density at radius 2 is 1.72 bits per heavy atom. The molecule has 3 aromatic rings. The highest BCUT2D eigenvalue weighted by Gasteiger charge is 2.11. The van der Waals surface area contributed by atoms with Gasteiger partial charge in [0.05, 0.1) is 17.6 Å². The van der Waals surface area contributed by atoms with Crippen molar-refractivity contribution in [2.24, 2.45) is 0 Å². The summed E-state index contributed by atoms with van der Waals surface area (Å²) in [7, 11) is 0. The fraction of sp³-hybridized carbons (Fsp3) is 0. The van der Waals surface area contributed by atoms with Crippen LogP contribution in [0.3, 0.4) is 0 Å². The fourth-order valence-corrected chi connectivity index (χ4v) is 1.85. The van der Waals surface area contributed by atoms with E-state index in [1.54, 1.807) is 29.2 Å². The normalized spacial score (nSPS) is 10.4. The Kier molecular flexibility index (Phi) is 2.53. The van der Waals surface area contributed by atoms with Gasteiger partial charge < -0.3 is 5.11 Å². The van der Waals surface area contributed by atoms with Gasteiger partial charge in [0.2, 0.25) is 0 Å². The third-order valence-corrected chi connectivity index (χ3v) is 2.67. The molecule has 0 aliphatic carbocycles. The second-order valence-electron chi connectivity index (χ2n) is 3.83. The Morgan fingerprint density at radius 1 is 0.889 bits per heavy atom. The second-order valence-corrected chi connectivity index (χ2v) is 3.83. The van der Waals surface area contributed by atoms with Crippen LogP contribution in [0.2, 0.25) is 0 Å². The molecular weight excluding hydrogens is 226 g/mol. The molecule has 88 valence electrons. The minimum atomic E-state index is 0.148. The van der Waals surface area contributed by atoms with Crippen molar-refractivity contribution in [2.45, 2.75) is 0 Å². The Bertz CT molecular complexity index is 662. The van der Waals surface area contributed by atoms with Gasteiger partial charge in [0.25, 0.3) is 0 Å². The first kappa shape index (κ1) is 10.5. The van der Waals surface area contributed by atoms with E-state index in [0.29, 0.717) is 5.69 Å². The molecule has 0 radical (unpaired) electrons. The summed E-state index contributed by atoms with van der Waals surface area (Å²) in [6, 6.07) is 14.9. The zero-order valence-electron chi connectivity index (χ0n) is 9.56. The fourth-order valence-electron chi connectivity index (χ4n) is 1.85. The lowest BCUT2D eigenvalue weighted by Crippen LogP contribution is -1.99. The molecule has 0 atom stereocenters. The largest absolute Gasteiger partial charge is 0.506 e. The molecular formula is C14H11N3O. The molecule has 0 aliphatic rings. The van der Waals surface area contributed by atoms with Gasteiger partial charge in [0.1, 0.15) is 11.4 Å². The van der Waals surface area contributed by atoms with Crippen molar-refractivity contribution in [2.75, 3.05) is 0 Å². The summed E-state index contributed by atoms with van der Waals surface area (Å²) in [6.07, 6.45) is 3.34. The third kappa shape index (κ3) is 1.73. The highest BCUT2D eigenvalue weighted by molar-refractivity contribution is 5.63. The summed E-state index contributed by atoms with van der Waals surface area (Å²) < 4.78 is 1.75. The van der Waals surface area contributed by atoms with Gasteiger partial charge in [-0.05, 0) is 30.3 Å². The van der Waals surface area contributed by atoms with E-state index in [0.717, 1.165) is 11.4 Å². The van der Waals surface area contributed by atoms with Gasteiger partial charge in [-0.2, -0.15) is 5.10 Å². The monoisotopic (exact) mass is 237 g/mol. The summed E-state index contributed by atoms with van der Waals surface area (Å²) in [5, 5.41) is 14.1. The number of pyridine rings is 1. The number of rotatable bonds is 2. The number of hydrogen-bond acceptors (Lipinski definition) is 3. The van der Waals surface area contributed by atoms with E-state index in [1.807, 2.05) is 36.4 Å². The molecule has 0 fully saturated rings. The van der Waals surface area contributed by atoms with Crippen LogP contribution in [-0.4, -0.2) is 19.9 Å². The lowest BCUT2D eigenvalue weighted by molar-refractivity contribution is 0.474. The number of benzene rings is 1. The van der Waals surface area contributed by atoms with Gasteiger partial charge in [0.15, 0.2) is 0 Å². The summed E-state index contributed by atoms with van der Waals surface area (Å²) in [6.45, 7) is 0. The molecule has 1 aromatic carbocycles. The van der Waals surface area contributed by atoms with Crippen molar-refractivity contribution in [3.63, 3.8) is 0 Å². The molecule has 4 heteroatoms. The molecule has 0 spiro atoms. The van der Waals surface area contributed by atoms with E-state index in [1.165, 1.54) is 0 Å². The molecule has 0 saturated carbocycles. The quantitative estimate of drug-likeness (QED) is 0.745. The summed E-state index contributed by atoms with van der Waals surface area (Å²) >= 11 is 0. The van der Waals surface area contributed by atoms with Crippen molar-refractivity contribution >= 4 is 0 Å². The Morgan fingerprint density at radius 3 is 2.50 bits per heavy atom. The van der Waals surface area contributed by atoms with E-state index in [2.05, 4.69) is 10.1 Å². The highest BCUT2D eigenvalue weighted by Crippen LogP contribution is 2.27. The Hall–Kier alpha value is -2.62. The number of aromatic hydroxyl groups is 1. The summed E-state index contributed by atoms with van der Waals surface area (Å²) in [5.41, 5.74) is 2.22. The second kappa shape index (κ2) is 4.33. The average Bonchev–Trinajstić information content (AvgIpc) is 2.89. The molecule has 0 bridgehead atoms. The molecule has 4 nitrogen and oxygen atoms in total. The molecule has 18 heavy (non-hydrogen) atoms. The average molecular weight is 237 g/mol. The smallest absolute Gasteiger partial charge is 0.143 e. The van der Waals surface area contributed by atoms with Gasteiger partial charge >= 0.3 is 0 Å². The first-order valence-electron chi connectivity index (χ1n) is 5.60. The summed E-state index contributed by atoms with van der Waals surface area (Å²) in [5.74, 6) is 0.148. The molecule has 0 amide bonds.